The number of hydrogen-bond acceptors (Lipinski definition) is 8. The fourth-order valence-electron chi connectivity index (χ4n) is 3.40. The van der Waals surface area contributed by atoms with E-state index in [2.05, 4.69) is 9.97 Å². The van der Waals surface area contributed by atoms with Gasteiger partial charge < -0.3 is 9.47 Å². The summed E-state index contributed by atoms with van der Waals surface area (Å²) in [6.45, 7) is 0.349. The minimum atomic E-state index is -0.137. The summed E-state index contributed by atoms with van der Waals surface area (Å²) in [5, 5.41) is 0.591. The molecule has 0 bridgehead atoms. The highest BCUT2D eigenvalue weighted by Gasteiger charge is 2.23. The molecule has 0 aliphatic rings. The molecule has 5 aromatic rings. The molecule has 0 aliphatic carbocycles. The smallest absolute Gasteiger partial charge is 0.260 e. The number of carbonyl (C=O) groups excluding carboxylic acids is 1. The van der Waals surface area contributed by atoms with Crippen molar-refractivity contribution >= 4 is 54.1 Å². The maximum absolute atomic E-state index is 13.6. The largest absolute Gasteiger partial charge is 0.493 e. The van der Waals surface area contributed by atoms with Crippen LogP contribution in [0.5, 0.6) is 11.5 Å². The lowest BCUT2D eigenvalue weighted by Crippen LogP contribution is -2.30. The summed E-state index contributed by atoms with van der Waals surface area (Å²) >= 11 is 2.94. The number of amides is 1. The van der Waals surface area contributed by atoms with Gasteiger partial charge in [-0.05, 0) is 29.8 Å². The Bertz CT molecular complexity index is 1370. The monoisotopic (exact) mass is 462 g/mol. The van der Waals surface area contributed by atoms with Gasteiger partial charge in [0.25, 0.3) is 5.91 Å². The van der Waals surface area contributed by atoms with Gasteiger partial charge in [-0.1, -0.05) is 17.4 Å². The molecule has 160 valence electrons. The van der Waals surface area contributed by atoms with Crippen LogP contribution in [0.25, 0.3) is 20.4 Å². The number of aromatic nitrogens is 3. The molecule has 7 nitrogen and oxygen atoms in total. The van der Waals surface area contributed by atoms with Crippen LogP contribution in [0.15, 0.2) is 60.4 Å². The van der Waals surface area contributed by atoms with Crippen molar-refractivity contribution in [3.05, 3.63) is 71.5 Å². The van der Waals surface area contributed by atoms with Gasteiger partial charge in [0.15, 0.2) is 16.6 Å². The van der Waals surface area contributed by atoms with Gasteiger partial charge in [-0.2, -0.15) is 0 Å². The molecule has 32 heavy (non-hydrogen) atoms. The first-order chi connectivity index (χ1) is 15.7. The normalized spacial score (nSPS) is 11.1. The Balaban J connectivity index is 1.59. The van der Waals surface area contributed by atoms with E-state index in [0.29, 0.717) is 28.7 Å². The third kappa shape index (κ3) is 3.76. The third-order valence-electron chi connectivity index (χ3n) is 5.00. The molecule has 3 heterocycles. The number of methoxy groups -OCH3 is 2. The van der Waals surface area contributed by atoms with E-state index in [-0.39, 0.29) is 5.91 Å². The predicted molar refractivity (Wildman–Crippen MR) is 127 cm³/mol. The van der Waals surface area contributed by atoms with Crippen LogP contribution < -0.4 is 14.4 Å². The molecular weight excluding hydrogens is 444 g/mol. The third-order valence-corrected chi connectivity index (χ3v) is 6.83. The first-order valence-electron chi connectivity index (χ1n) is 9.73. The lowest BCUT2D eigenvalue weighted by Gasteiger charge is -2.20. The van der Waals surface area contributed by atoms with E-state index in [1.165, 1.54) is 22.7 Å². The van der Waals surface area contributed by atoms with Gasteiger partial charge in [-0.15, -0.1) is 11.3 Å². The number of benzene rings is 2. The van der Waals surface area contributed by atoms with E-state index in [0.717, 1.165) is 26.0 Å². The molecule has 9 heteroatoms. The van der Waals surface area contributed by atoms with Crippen molar-refractivity contribution in [1.82, 2.24) is 15.0 Å². The first-order valence-corrected chi connectivity index (χ1v) is 11.4. The molecule has 0 unspecified atom stereocenters. The van der Waals surface area contributed by atoms with Crippen molar-refractivity contribution in [1.29, 1.82) is 0 Å². The highest BCUT2D eigenvalue weighted by molar-refractivity contribution is 7.22. The summed E-state index contributed by atoms with van der Waals surface area (Å²) in [6.07, 6.45) is 3.47. The van der Waals surface area contributed by atoms with Crippen molar-refractivity contribution in [2.75, 3.05) is 19.1 Å². The highest BCUT2D eigenvalue weighted by atomic mass is 32.1. The van der Waals surface area contributed by atoms with E-state index in [9.17, 15) is 4.79 Å². The van der Waals surface area contributed by atoms with E-state index in [1.807, 2.05) is 36.4 Å². The minimum absolute atomic E-state index is 0.137. The van der Waals surface area contributed by atoms with Crippen LogP contribution in [-0.2, 0) is 6.54 Å². The number of fused-ring (bicyclic) bond motifs is 2. The maximum atomic E-state index is 13.6. The van der Waals surface area contributed by atoms with Crippen molar-refractivity contribution < 1.29 is 14.3 Å². The second-order valence-electron chi connectivity index (χ2n) is 6.96. The average Bonchev–Trinajstić information content (AvgIpc) is 3.47. The number of ether oxygens (including phenoxy) is 2. The second kappa shape index (κ2) is 8.52. The zero-order chi connectivity index (χ0) is 22.1. The minimum Gasteiger partial charge on any atom is -0.493 e. The lowest BCUT2D eigenvalue weighted by molar-refractivity contribution is 0.0985. The van der Waals surface area contributed by atoms with E-state index < -0.39 is 0 Å². The number of nitrogens with zero attached hydrogens (tertiary/aromatic N) is 4. The molecule has 0 aliphatic heterocycles. The van der Waals surface area contributed by atoms with Gasteiger partial charge in [0.1, 0.15) is 0 Å². The molecule has 0 atom stereocenters. The fraction of sp³-hybridized carbons (Fsp3) is 0.130. The van der Waals surface area contributed by atoms with E-state index in [4.69, 9.17) is 14.5 Å². The van der Waals surface area contributed by atoms with Crippen molar-refractivity contribution in [3.8, 4) is 11.5 Å². The van der Waals surface area contributed by atoms with Crippen LogP contribution in [0, 0.1) is 0 Å². The predicted octanol–water partition coefficient (Wildman–Crippen LogP) is 5.17. The van der Waals surface area contributed by atoms with Crippen LogP contribution >= 0.6 is 22.7 Å². The Hall–Kier alpha value is -3.56. The topological polar surface area (TPSA) is 77.4 Å². The molecule has 5 rings (SSSR count). The van der Waals surface area contributed by atoms with Gasteiger partial charge in [0.05, 0.1) is 46.7 Å². The van der Waals surface area contributed by atoms with Crippen molar-refractivity contribution in [2.24, 2.45) is 0 Å². The van der Waals surface area contributed by atoms with E-state index >= 15 is 0 Å². The van der Waals surface area contributed by atoms with Crippen LogP contribution in [0.4, 0.5) is 5.13 Å². The van der Waals surface area contributed by atoms with Gasteiger partial charge >= 0.3 is 0 Å². The molecule has 0 fully saturated rings. The zero-order valence-corrected chi connectivity index (χ0v) is 18.9. The number of thiazole rings is 2. The molecule has 0 radical (unpaired) electrons. The summed E-state index contributed by atoms with van der Waals surface area (Å²) in [7, 11) is 3.18. The molecule has 0 saturated carbocycles. The molecule has 3 aromatic heterocycles. The van der Waals surface area contributed by atoms with Crippen LogP contribution in [0.3, 0.4) is 0 Å². The Morgan fingerprint density at radius 2 is 1.88 bits per heavy atom. The number of anilines is 1. The molecule has 0 N–H and O–H groups in total. The van der Waals surface area contributed by atoms with Gasteiger partial charge in [0, 0.05) is 30.1 Å². The average molecular weight is 463 g/mol. The highest BCUT2D eigenvalue weighted by Crippen LogP contribution is 2.38. The summed E-state index contributed by atoms with van der Waals surface area (Å²) < 4.78 is 12.7. The molecule has 0 saturated heterocycles. The Kier molecular flexibility index (Phi) is 5.42. The number of carbonyl (C=O) groups is 1. The van der Waals surface area contributed by atoms with Crippen LogP contribution in [-0.4, -0.2) is 35.1 Å². The number of hydrogen-bond donors (Lipinski definition) is 0. The zero-order valence-electron chi connectivity index (χ0n) is 17.3. The maximum Gasteiger partial charge on any atom is 0.260 e. The van der Waals surface area contributed by atoms with Crippen molar-refractivity contribution in [2.45, 2.75) is 6.54 Å². The summed E-state index contributed by atoms with van der Waals surface area (Å²) in [6, 6.07) is 13.1. The van der Waals surface area contributed by atoms with Crippen LogP contribution in [0.2, 0.25) is 0 Å². The second-order valence-corrected chi connectivity index (χ2v) is 8.85. The Labute approximate surface area is 191 Å². The van der Waals surface area contributed by atoms with Gasteiger partial charge in [-0.25, -0.2) is 9.97 Å². The molecule has 0 spiro atoms. The van der Waals surface area contributed by atoms with E-state index in [1.54, 1.807) is 43.1 Å². The number of rotatable bonds is 6. The quantitative estimate of drug-likeness (QED) is 0.347. The molecule has 2 aromatic carbocycles. The Morgan fingerprint density at radius 3 is 2.66 bits per heavy atom. The SMILES string of the molecule is COc1cc2nc(N(Cc3cccnc3)C(=O)c3ccc4ncsc4c3)sc2cc1OC. The fourth-order valence-corrected chi connectivity index (χ4v) is 5.09. The Morgan fingerprint density at radius 1 is 1.03 bits per heavy atom. The first kappa shape index (κ1) is 20.3. The summed E-state index contributed by atoms with van der Waals surface area (Å²) in [4.78, 5) is 28.6. The number of pyridine rings is 1. The van der Waals surface area contributed by atoms with Gasteiger partial charge in [-0.3, -0.25) is 14.7 Å². The molecule has 1 amide bonds. The van der Waals surface area contributed by atoms with Crippen LogP contribution in [0.1, 0.15) is 15.9 Å². The summed E-state index contributed by atoms with van der Waals surface area (Å²) in [5.74, 6) is 1.08. The van der Waals surface area contributed by atoms with Crippen molar-refractivity contribution in [3.63, 3.8) is 0 Å². The van der Waals surface area contributed by atoms with Gasteiger partial charge in [0.2, 0.25) is 0 Å². The standard InChI is InChI=1S/C23H18N4O3S2/c1-29-18-9-17-21(10-19(18)30-2)32-23(26-17)27(12-14-4-3-7-24-11-14)22(28)15-5-6-16-20(8-15)31-13-25-16/h3-11,13H,12H2,1-2H3. The molecular formula is C23H18N4O3S2. The lowest BCUT2D eigenvalue weighted by atomic mass is 10.1. The summed E-state index contributed by atoms with van der Waals surface area (Å²) in [5.41, 5.74) is 4.89.